The number of anilines is 1. The first-order chi connectivity index (χ1) is 17.0. The zero-order valence-electron chi connectivity index (χ0n) is 19.5. The van der Waals surface area contributed by atoms with E-state index in [1.807, 2.05) is 11.8 Å². The second-order valence-electron chi connectivity index (χ2n) is 9.23. The van der Waals surface area contributed by atoms with E-state index < -0.39 is 38.2 Å². The number of amides is 2. The van der Waals surface area contributed by atoms with E-state index in [1.54, 1.807) is 18.2 Å². The minimum atomic E-state index is -3.90. The van der Waals surface area contributed by atoms with E-state index in [0.717, 1.165) is 5.56 Å². The van der Waals surface area contributed by atoms with Crippen LogP contribution in [-0.4, -0.2) is 72.2 Å². The summed E-state index contributed by atoms with van der Waals surface area (Å²) in [5.41, 5.74) is 0.149. The van der Waals surface area contributed by atoms with Crippen molar-refractivity contribution in [1.29, 1.82) is 0 Å². The van der Waals surface area contributed by atoms with Crippen LogP contribution in [0.15, 0.2) is 47.4 Å². The first kappa shape index (κ1) is 24.3. The standard InChI is InChI=1S/C23H23N5O6S2/c1-14-3-6-17(7-4-14)36(33,34)26-9-10-27-18-8-5-16(28(31)32)11-15(18)12-23(19(27)13-26)20(29)24-22(35)25(2)21(23)30/h3-8,11,19H,9-10,12-13H2,1-2H3,(H,24,29,35)/t19-,23+/m0/s1. The van der Waals surface area contributed by atoms with Gasteiger partial charge in [0.1, 0.15) is 0 Å². The summed E-state index contributed by atoms with van der Waals surface area (Å²) in [6.45, 7) is 2.05. The van der Waals surface area contributed by atoms with E-state index in [-0.39, 0.29) is 41.8 Å². The van der Waals surface area contributed by atoms with Crippen molar-refractivity contribution < 1.29 is 22.9 Å². The normalized spacial score (nSPS) is 24.4. The van der Waals surface area contributed by atoms with E-state index in [4.69, 9.17) is 12.2 Å². The number of non-ortho nitro benzene ring substituents is 1. The third-order valence-corrected chi connectivity index (χ3v) is 9.50. The van der Waals surface area contributed by atoms with E-state index in [1.165, 1.54) is 40.5 Å². The molecule has 5 rings (SSSR count). The maximum absolute atomic E-state index is 13.7. The Bertz CT molecular complexity index is 1430. The van der Waals surface area contributed by atoms with Crippen molar-refractivity contribution in [2.75, 3.05) is 31.6 Å². The number of thiocarbonyl (C=S) groups is 1. The molecule has 3 aliphatic rings. The predicted octanol–water partition coefficient (Wildman–Crippen LogP) is 1.20. The molecule has 188 valence electrons. The van der Waals surface area contributed by atoms with Gasteiger partial charge >= 0.3 is 0 Å². The van der Waals surface area contributed by atoms with Crippen molar-refractivity contribution in [2.24, 2.45) is 5.41 Å². The van der Waals surface area contributed by atoms with Crippen molar-refractivity contribution in [3.05, 3.63) is 63.7 Å². The number of sulfonamides is 1. The van der Waals surface area contributed by atoms with E-state index in [9.17, 15) is 28.1 Å². The number of fused-ring (bicyclic) bond motifs is 4. The lowest BCUT2D eigenvalue weighted by Gasteiger charge is -2.55. The monoisotopic (exact) mass is 529 g/mol. The van der Waals surface area contributed by atoms with Crippen LogP contribution in [-0.2, 0) is 26.0 Å². The molecular weight excluding hydrogens is 506 g/mol. The van der Waals surface area contributed by atoms with Crippen LogP contribution in [0, 0.1) is 22.5 Å². The number of nitro groups is 1. The van der Waals surface area contributed by atoms with Gasteiger partial charge in [-0.1, -0.05) is 17.7 Å². The van der Waals surface area contributed by atoms with E-state index in [0.29, 0.717) is 11.3 Å². The highest BCUT2D eigenvalue weighted by Gasteiger charge is 2.62. The van der Waals surface area contributed by atoms with Crippen molar-refractivity contribution >= 4 is 50.5 Å². The van der Waals surface area contributed by atoms with Gasteiger partial charge in [0.15, 0.2) is 10.5 Å². The van der Waals surface area contributed by atoms with Crippen LogP contribution in [0.25, 0.3) is 0 Å². The molecule has 3 aliphatic heterocycles. The number of hydrogen-bond acceptors (Lipinski definition) is 8. The molecule has 1 spiro atoms. The molecule has 0 unspecified atom stereocenters. The van der Waals surface area contributed by atoms with Crippen LogP contribution >= 0.6 is 12.2 Å². The molecule has 0 bridgehead atoms. The van der Waals surface area contributed by atoms with Gasteiger partial charge in [0.05, 0.1) is 15.9 Å². The largest absolute Gasteiger partial charge is 0.364 e. The summed E-state index contributed by atoms with van der Waals surface area (Å²) in [5, 5.41) is 13.9. The number of aryl methyl sites for hydroxylation is 1. The van der Waals surface area contributed by atoms with Crippen LogP contribution < -0.4 is 10.2 Å². The van der Waals surface area contributed by atoms with Gasteiger partial charge in [-0.25, -0.2) is 8.42 Å². The van der Waals surface area contributed by atoms with Gasteiger partial charge in [-0.2, -0.15) is 4.31 Å². The number of piperazine rings is 1. The number of hydrogen-bond donors (Lipinski definition) is 1. The zero-order chi connectivity index (χ0) is 26.0. The third-order valence-electron chi connectivity index (χ3n) is 7.24. The van der Waals surface area contributed by atoms with Gasteiger partial charge in [-0.15, -0.1) is 0 Å². The van der Waals surface area contributed by atoms with Gasteiger partial charge in [-0.05, 0) is 42.9 Å². The molecule has 2 amide bonds. The molecule has 2 aromatic rings. The Labute approximate surface area is 212 Å². The summed E-state index contributed by atoms with van der Waals surface area (Å²) >= 11 is 5.14. The van der Waals surface area contributed by atoms with Gasteiger partial charge in [0.2, 0.25) is 21.8 Å². The lowest BCUT2D eigenvalue weighted by atomic mass is 9.68. The zero-order valence-corrected chi connectivity index (χ0v) is 21.1. The number of nitrogens with one attached hydrogen (secondary N) is 1. The fourth-order valence-electron chi connectivity index (χ4n) is 5.30. The minimum absolute atomic E-state index is 0.0491. The minimum Gasteiger partial charge on any atom is -0.364 e. The number of rotatable bonds is 3. The second kappa shape index (κ2) is 8.32. The summed E-state index contributed by atoms with van der Waals surface area (Å²) in [7, 11) is -2.46. The Morgan fingerprint density at radius 3 is 2.50 bits per heavy atom. The number of nitrogens with zero attached hydrogens (tertiary/aromatic N) is 4. The Morgan fingerprint density at radius 2 is 1.83 bits per heavy atom. The first-order valence-corrected chi connectivity index (χ1v) is 13.1. The van der Waals surface area contributed by atoms with Crippen molar-refractivity contribution in [2.45, 2.75) is 24.3 Å². The Balaban J connectivity index is 1.63. The van der Waals surface area contributed by atoms with Crippen molar-refractivity contribution in [3.8, 4) is 0 Å². The van der Waals surface area contributed by atoms with Crippen LogP contribution in [0.5, 0.6) is 0 Å². The first-order valence-electron chi connectivity index (χ1n) is 11.2. The van der Waals surface area contributed by atoms with Crippen LogP contribution in [0.3, 0.4) is 0 Å². The lowest BCUT2D eigenvalue weighted by Crippen LogP contribution is -2.74. The maximum atomic E-state index is 13.7. The number of nitro benzene ring substituents is 1. The Kier molecular flexibility index (Phi) is 5.61. The van der Waals surface area contributed by atoms with Gasteiger partial charge < -0.3 is 10.2 Å². The molecule has 2 saturated heterocycles. The smallest absolute Gasteiger partial charge is 0.269 e. The summed E-state index contributed by atoms with van der Waals surface area (Å²) in [6, 6.07) is 9.98. The SMILES string of the molecule is Cc1ccc(S(=O)(=O)N2CCN3c4ccc([N+](=O)[O-])cc4C[C@]4(C(=O)NC(=S)N(C)C4=O)[C@@H]3C2)cc1. The molecular formula is C23H23N5O6S2. The molecule has 0 saturated carbocycles. The van der Waals surface area contributed by atoms with Gasteiger partial charge in [-0.3, -0.25) is 24.6 Å². The Hall–Kier alpha value is -3.42. The summed E-state index contributed by atoms with van der Waals surface area (Å²) in [6.07, 6.45) is -0.124. The molecule has 2 atom stereocenters. The van der Waals surface area contributed by atoms with Crippen molar-refractivity contribution in [1.82, 2.24) is 14.5 Å². The second-order valence-corrected chi connectivity index (χ2v) is 11.6. The van der Waals surface area contributed by atoms with Gasteiger partial charge in [0, 0.05) is 50.9 Å². The molecule has 2 fully saturated rings. The third kappa shape index (κ3) is 3.49. The summed E-state index contributed by atoms with van der Waals surface area (Å²) in [5.74, 6) is -1.21. The highest BCUT2D eigenvalue weighted by molar-refractivity contribution is 7.89. The molecule has 1 N–H and O–H groups in total. The molecule has 2 aromatic carbocycles. The summed E-state index contributed by atoms with van der Waals surface area (Å²) < 4.78 is 28.3. The summed E-state index contributed by atoms with van der Waals surface area (Å²) in [4.78, 5) is 41.2. The molecule has 13 heteroatoms. The van der Waals surface area contributed by atoms with E-state index >= 15 is 0 Å². The molecule has 36 heavy (non-hydrogen) atoms. The predicted molar refractivity (Wildman–Crippen MR) is 134 cm³/mol. The average molecular weight is 530 g/mol. The Morgan fingerprint density at radius 1 is 1.14 bits per heavy atom. The lowest BCUT2D eigenvalue weighted by molar-refractivity contribution is -0.384. The molecule has 0 radical (unpaired) electrons. The van der Waals surface area contributed by atoms with Crippen molar-refractivity contribution in [3.63, 3.8) is 0 Å². The molecule has 0 aromatic heterocycles. The van der Waals surface area contributed by atoms with E-state index in [2.05, 4.69) is 5.32 Å². The van der Waals surface area contributed by atoms with Gasteiger partial charge in [0.25, 0.3) is 5.69 Å². The van der Waals surface area contributed by atoms with Crippen LogP contribution in [0.4, 0.5) is 11.4 Å². The van der Waals surface area contributed by atoms with Crippen LogP contribution in [0.1, 0.15) is 11.1 Å². The van der Waals surface area contributed by atoms with Crippen LogP contribution in [0.2, 0.25) is 0 Å². The fraction of sp³-hybridized carbons (Fsp3) is 0.348. The molecule has 11 nitrogen and oxygen atoms in total. The number of carbonyl (C=O) groups excluding carboxylic acids is 2. The average Bonchev–Trinajstić information content (AvgIpc) is 2.85. The maximum Gasteiger partial charge on any atom is 0.269 e. The highest BCUT2D eigenvalue weighted by Crippen LogP contribution is 2.46. The topological polar surface area (TPSA) is 133 Å². The number of benzene rings is 2. The molecule has 3 heterocycles. The highest BCUT2D eigenvalue weighted by atomic mass is 32.2. The fourth-order valence-corrected chi connectivity index (χ4v) is 6.92. The number of carbonyl (C=O) groups is 2. The quantitative estimate of drug-likeness (QED) is 0.271. The molecule has 0 aliphatic carbocycles.